The van der Waals surface area contributed by atoms with Crippen LogP contribution in [0.5, 0.6) is 5.75 Å². The van der Waals surface area contributed by atoms with Gasteiger partial charge in [-0.3, -0.25) is 15.1 Å². The molecule has 1 aromatic heterocycles. The summed E-state index contributed by atoms with van der Waals surface area (Å²) in [6, 6.07) is 6.50. The van der Waals surface area contributed by atoms with Crippen molar-refractivity contribution >= 4 is 22.0 Å². The van der Waals surface area contributed by atoms with Crippen LogP contribution in [0.2, 0.25) is 0 Å². The molecule has 2 aromatic rings. The molecule has 0 unspecified atom stereocenters. The molecule has 9 nitrogen and oxygen atoms in total. The number of imide groups is 1. The molecule has 11 heteroatoms. The Morgan fingerprint density at radius 3 is 2.70 bits per heavy atom. The topological polar surface area (TPSA) is 118 Å². The van der Waals surface area contributed by atoms with Gasteiger partial charge in [-0.15, -0.1) is 0 Å². The minimum atomic E-state index is -3.74. The predicted molar refractivity (Wildman–Crippen MR) is 117 cm³/mol. The molecule has 0 bridgehead atoms. The van der Waals surface area contributed by atoms with Crippen LogP contribution in [0.15, 0.2) is 36.5 Å². The first-order valence-corrected chi connectivity index (χ1v) is 12.3. The monoisotopic (exact) mass is 476 g/mol. The summed E-state index contributed by atoms with van der Waals surface area (Å²) >= 11 is 0. The molecule has 0 radical (unpaired) electrons. The Bertz CT molecular complexity index is 1150. The van der Waals surface area contributed by atoms with Crippen LogP contribution in [0.4, 0.5) is 9.18 Å². The van der Waals surface area contributed by atoms with E-state index in [0.717, 1.165) is 12.8 Å². The molecule has 1 atom stereocenters. The van der Waals surface area contributed by atoms with E-state index < -0.39 is 27.9 Å². The number of pyridine rings is 1. The molecule has 33 heavy (non-hydrogen) atoms. The molecular formula is C22H25FN4O5S. The standard InChI is InChI=1S/C22H25FN4O5S/c1-14(17-5-7-19(23)20(8-17)32-12-15-2-3-15)26-33(30,31)13-18-6-4-16(9-24-18)10-27-11-21(28)25-22(27)29/h4-9,14-15,26H,2-3,10-13H2,1H3,(H,25,28,29)/t14-/m1/s1. The smallest absolute Gasteiger partial charge is 0.324 e. The highest BCUT2D eigenvalue weighted by Crippen LogP contribution is 2.31. The molecule has 1 aromatic carbocycles. The van der Waals surface area contributed by atoms with Gasteiger partial charge in [0.2, 0.25) is 15.9 Å². The molecule has 3 amide bonds. The highest BCUT2D eigenvalue weighted by atomic mass is 32.2. The van der Waals surface area contributed by atoms with Crippen LogP contribution >= 0.6 is 0 Å². The summed E-state index contributed by atoms with van der Waals surface area (Å²) in [4.78, 5) is 28.4. The van der Waals surface area contributed by atoms with Gasteiger partial charge >= 0.3 is 6.03 Å². The Morgan fingerprint density at radius 1 is 1.27 bits per heavy atom. The fourth-order valence-corrected chi connectivity index (χ4v) is 4.75. The Kier molecular flexibility index (Phi) is 6.61. The number of sulfonamides is 1. The van der Waals surface area contributed by atoms with Gasteiger partial charge in [-0.1, -0.05) is 12.1 Å². The summed E-state index contributed by atoms with van der Waals surface area (Å²) in [5.74, 6) is -0.589. The summed E-state index contributed by atoms with van der Waals surface area (Å²) in [7, 11) is -3.74. The second-order valence-electron chi connectivity index (χ2n) is 8.41. The number of hydrogen-bond acceptors (Lipinski definition) is 6. The molecule has 2 heterocycles. The zero-order chi connectivity index (χ0) is 23.6. The molecule has 1 saturated heterocycles. The van der Waals surface area contributed by atoms with Crippen molar-refractivity contribution in [2.24, 2.45) is 5.92 Å². The number of halogens is 1. The van der Waals surface area contributed by atoms with Crippen LogP contribution in [-0.2, 0) is 27.1 Å². The maximum absolute atomic E-state index is 14.0. The fraction of sp³-hybridized carbons (Fsp3) is 0.409. The van der Waals surface area contributed by atoms with E-state index in [1.165, 1.54) is 29.3 Å². The van der Waals surface area contributed by atoms with Gasteiger partial charge in [0.25, 0.3) is 0 Å². The van der Waals surface area contributed by atoms with Crippen molar-refractivity contribution in [3.8, 4) is 5.75 Å². The number of nitrogens with one attached hydrogen (secondary N) is 2. The number of urea groups is 1. The van der Waals surface area contributed by atoms with Crippen LogP contribution in [-0.4, -0.2) is 43.4 Å². The number of ether oxygens (including phenoxy) is 1. The first kappa shape index (κ1) is 23.1. The highest BCUT2D eigenvalue weighted by molar-refractivity contribution is 7.88. The van der Waals surface area contributed by atoms with E-state index in [1.54, 1.807) is 19.1 Å². The number of carbonyl (C=O) groups excluding carboxylic acids is 2. The molecule has 2 aliphatic rings. The number of hydrogen-bond donors (Lipinski definition) is 2. The van der Waals surface area contributed by atoms with Gasteiger partial charge in [0.15, 0.2) is 11.6 Å². The van der Waals surface area contributed by atoms with Gasteiger partial charge in [0, 0.05) is 18.8 Å². The van der Waals surface area contributed by atoms with Crippen LogP contribution in [0.1, 0.15) is 42.6 Å². The Balaban J connectivity index is 1.35. The minimum absolute atomic E-state index is 0.0203. The number of carbonyl (C=O) groups is 2. The largest absolute Gasteiger partial charge is 0.490 e. The lowest BCUT2D eigenvalue weighted by molar-refractivity contribution is -0.118. The minimum Gasteiger partial charge on any atom is -0.490 e. The number of aromatic nitrogens is 1. The third-order valence-electron chi connectivity index (χ3n) is 5.45. The second-order valence-corrected chi connectivity index (χ2v) is 10.2. The van der Waals surface area contributed by atoms with E-state index in [9.17, 15) is 22.4 Å². The average molecular weight is 477 g/mol. The Labute approximate surface area is 191 Å². The normalized spacial score (nSPS) is 17.2. The van der Waals surface area contributed by atoms with Gasteiger partial charge in [-0.25, -0.2) is 22.3 Å². The van der Waals surface area contributed by atoms with Gasteiger partial charge in [0.05, 0.1) is 12.3 Å². The van der Waals surface area contributed by atoms with Gasteiger partial charge in [-0.2, -0.15) is 0 Å². The van der Waals surface area contributed by atoms with Crippen LogP contribution in [0, 0.1) is 11.7 Å². The van der Waals surface area contributed by atoms with Crippen molar-refractivity contribution in [3.63, 3.8) is 0 Å². The van der Waals surface area contributed by atoms with E-state index in [2.05, 4.69) is 15.0 Å². The summed E-state index contributed by atoms with van der Waals surface area (Å²) in [6.45, 7) is 2.31. The molecule has 1 aliphatic heterocycles. The number of nitrogens with zero attached hydrogens (tertiary/aromatic N) is 2. The Hall–Kier alpha value is -3.05. The van der Waals surface area contributed by atoms with Gasteiger partial charge in [0.1, 0.15) is 12.3 Å². The molecule has 1 aliphatic carbocycles. The number of rotatable bonds is 10. The summed E-state index contributed by atoms with van der Waals surface area (Å²) in [5, 5.41) is 2.19. The second kappa shape index (κ2) is 9.44. The van der Waals surface area contributed by atoms with Crippen molar-refractivity contribution in [3.05, 3.63) is 59.2 Å². The first-order chi connectivity index (χ1) is 15.7. The lowest BCUT2D eigenvalue weighted by Crippen LogP contribution is -2.29. The number of amides is 3. The van der Waals surface area contributed by atoms with Crippen molar-refractivity contribution in [1.82, 2.24) is 19.9 Å². The summed E-state index contributed by atoms with van der Waals surface area (Å²) in [5.41, 5.74) is 1.59. The molecule has 2 fully saturated rings. The maximum atomic E-state index is 14.0. The van der Waals surface area contributed by atoms with Crippen molar-refractivity contribution in [2.75, 3.05) is 13.2 Å². The zero-order valence-corrected chi connectivity index (χ0v) is 18.9. The molecular weight excluding hydrogens is 451 g/mol. The van der Waals surface area contributed by atoms with Gasteiger partial charge < -0.3 is 9.64 Å². The van der Waals surface area contributed by atoms with E-state index in [-0.39, 0.29) is 30.5 Å². The fourth-order valence-electron chi connectivity index (χ4n) is 3.43. The molecule has 1 saturated carbocycles. The van der Waals surface area contributed by atoms with E-state index >= 15 is 0 Å². The van der Waals surface area contributed by atoms with Crippen LogP contribution in [0.3, 0.4) is 0 Å². The number of benzene rings is 1. The van der Waals surface area contributed by atoms with Crippen molar-refractivity contribution < 1.29 is 27.1 Å². The van der Waals surface area contributed by atoms with Crippen molar-refractivity contribution in [2.45, 2.75) is 38.1 Å². The molecule has 176 valence electrons. The average Bonchev–Trinajstić information content (AvgIpc) is 3.52. The molecule has 0 spiro atoms. The lowest BCUT2D eigenvalue weighted by atomic mass is 10.1. The third kappa shape index (κ3) is 6.26. The van der Waals surface area contributed by atoms with Gasteiger partial charge in [-0.05, 0) is 55.0 Å². The highest BCUT2D eigenvalue weighted by Gasteiger charge is 2.27. The quantitative estimate of drug-likeness (QED) is 0.508. The first-order valence-electron chi connectivity index (χ1n) is 10.6. The SMILES string of the molecule is C[C@@H](NS(=O)(=O)Cc1ccc(CN2CC(=O)NC2=O)cn1)c1ccc(F)c(OCC2CC2)c1. The third-order valence-corrected chi connectivity index (χ3v) is 6.84. The lowest BCUT2D eigenvalue weighted by Gasteiger charge is -2.16. The maximum Gasteiger partial charge on any atom is 0.324 e. The van der Waals surface area contributed by atoms with Crippen LogP contribution in [0.25, 0.3) is 0 Å². The Morgan fingerprint density at radius 2 is 2.06 bits per heavy atom. The molecule has 2 N–H and O–H groups in total. The summed E-state index contributed by atoms with van der Waals surface area (Å²) in [6.07, 6.45) is 3.65. The van der Waals surface area contributed by atoms with Crippen molar-refractivity contribution in [1.29, 1.82) is 0 Å². The van der Waals surface area contributed by atoms with E-state index in [4.69, 9.17) is 4.74 Å². The van der Waals surface area contributed by atoms with E-state index in [0.29, 0.717) is 29.3 Å². The molecule has 4 rings (SSSR count). The van der Waals surface area contributed by atoms with Crippen LogP contribution < -0.4 is 14.8 Å². The predicted octanol–water partition coefficient (Wildman–Crippen LogP) is 2.24. The zero-order valence-electron chi connectivity index (χ0n) is 18.1. The van der Waals surface area contributed by atoms with E-state index in [1.807, 2.05) is 0 Å². The summed E-state index contributed by atoms with van der Waals surface area (Å²) < 4.78 is 47.4.